The van der Waals surface area contributed by atoms with Crippen LogP contribution in [0.5, 0.6) is 0 Å². The molecule has 2 aliphatic heterocycles. The third-order valence-electron chi connectivity index (χ3n) is 6.96. The van der Waals surface area contributed by atoms with E-state index in [1.807, 2.05) is 11.8 Å². The molecule has 2 heterocycles. The van der Waals surface area contributed by atoms with Gasteiger partial charge in [-0.3, -0.25) is 10.2 Å². The lowest BCUT2D eigenvalue weighted by atomic mass is 9.79. The van der Waals surface area contributed by atoms with E-state index in [4.69, 9.17) is 14.2 Å². The Morgan fingerprint density at radius 1 is 1.07 bits per heavy atom. The van der Waals surface area contributed by atoms with E-state index in [1.165, 1.54) is 0 Å². The van der Waals surface area contributed by atoms with Gasteiger partial charge in [0.05, 0.1) is 12.2 Å². The number of rotatable bonds is 7. The molecule has 164 valence electrons. The Kier molecular flexibility index (Phi) is 8.45. The second-order valence-corrected chi connectivity index (χ2v) is 9.79. The maximum Gasteiger partial charge on any atom is 0.110 e. The van der Waals surface area contributed by atoms with Crippen molar-refractivity contribution in [3.63, 3.8) is 0 Å². The average Bonchev–Trinajstić information content (AvgIpc) is 3.06. The fourth-order valence-electron chi connectivity index (χ4n) is 5.26. The highest BCUT2D eigenvalue weighted by atomic mass is 32.2. The van der Waals surface area contributed by atoms with E-state index in [2.05, 4.69) is 29.2 Å². The molecule has 3 fully saturated rings. The predicted octanol–water partition coefficient (Wildman–Crippen LogP) is 1.02. The van der Waals surface area contributed by atoms with Gasteiger partial charge in [-0.1, -0.05) is 0 Å². The molecule has 2 saturated heterocycles. The quantitative estimate of drug-likeness (QED) is 0.596. The van der Waals surface area contributed by atoms with Crippen molar-refractivity contribution >= 4 is 11.8 Å². The van der Waals surface area contributed by atoms with Gasteiger partial charge in [-0.25, -0.2) is 0 Å². The number of piperidine rings is 1. The molecular formula is C20H39N3O4S. The summed E-state index contributed by atoms with van der Waals surface area (Å²) in [5, 5.41) is 14.2. The molecule has 6 atom stereocenters. The van der Waals surface area contributed by atoms with Crippen LogP contribution >= 0.6 is 11.8 Å². The summed E-state index contributed by atoms with van der Waals surface area (Å²) in [4.78, 5) is 4.72. The van der Waals surface area contributed by atoms with Gasteiger partial charge in [-0.2, -0.15) is 0 Å². The number of nitrogens with zero attached hydrogens (tertiary/aromatic N) is 2. The first-order valence-corrected chi connectivity index (χ1v) is 11.6. The first kappa shape index (κ1) is 22.7. The van der Waals surface area contributed by atoms with Crippen molar-refractivity contribution in [3.8, 4) is 0 Å². The smallest absolute Gasteiger partial charge is 0.110 e. The third-order valence-corrected chi connectivity index (χ3v) is 8.28. The van der Waals surface area contributed by atoms with E-state index in [0.29, 0.717) is 17.9 Å². The molecule has 0 aromatic carbocycles. The maximum absolute atomic E-state index is 10.8. The number of ether oxygens (including phenoxy) is 3. The Morgan fingerprint density at radius 3 is 2.32 bits per heavy atom. The summed E-state index contributed by atoms with van der Waals surface area (Å²) in [6, 6.07) is 0.442. The first-order chi connectivity index (χ1) is 13.5. The highest BCUT2D eigenvalue weighted by Gasteiger charge is 2.45. The molecule has 0 aromatic heterocycles. The standard InChI is InChI=1S/C20H39N3O4S/c1-22-8-6-7-13(11-22)19(24)21-20-23(2)15(12-28-20)14-9-16(25-3)18(27-5)17(10-14)26-4/h13-21,24H,6-12H2,1-5H3. The molecule has 7 nitrogen and oxygen atoms in total. The fourth-order valence-corrected chi connectivity index (χ4v) is 6.77. The van der Waals surface area contributed by atoms with Crippen LogP contribution in [0, 0.1) is 11.8 Å². The van der Waals surface area contributed by atoms with Gasteiger partial charge in [0.1, 0.15) is 17.8 Å². The number of likely N-dealkylation sites (tertiary alicyclic amines) is 1. The van der Waals surface area contributed by atoms with Crippen molar-refractivity contribution in [2.45, 2.75) is 61.8 Å². The van der Waals surface area contributed by atoms with Gasteiger partial charge in [0.2, 0.25) is 0 Å². The lowest BCUT2D eigenvalue weighted by Crippen LogP contribution is -2.54. The molecule has 1 aliphatic carbocycles. The molecule has 0 bridgehead atoms. The van der Waals surface area contributed by atoms with Crippen molar-refractivity contribution < 1.29 is 19.3 Å². The molecule has 28 heavy (non-hydrogen) atoms. The molecule has 1 saturated carbocycles. The fraction of sp³-hybridized carbons (Fsp3) is 1.00. The molecule has 0 amide bonds. The number of aliphatic hydroxyl groups is 1. The van der Waals surface area contributed by atoms with E-state index in [1.54, 1.807) is 21.3 Å². The topological polar surface area (TPSA) is 66.4 Å². The van der Waals surface area contributed by atoms with Gasteiger partial charge < -0.3 is 24.2 Å². The highest BCUT2D eigenvalue weighted by molar-refractivity contribution is 8.00. The number of hydrogen-bond acceptors (Lipinski definition) is 8. The lowest BCUT2D eigenvalue weighted by Gasteiger charge is -2.43. The van der Waals surface area contributed by atoms with Crippen molar-refractivity contribution in [3.05, 3.63) is 0 Å². The molecule has 2 N–H and O–H groups in total. The second-order valence-electron chi connectivity index (χ2n) is 8.67. The maximum atomic E-state index is 10.8. The van der Waals surface area contributed by atoms with E-state index in [9.17, 15) is 5.11 Å². The van der Waals surface area contributed by atoms with Crippen molar-refractivity contribution in [2.75, 3.05) is 54.3 Å². The van der Waals surface area contributed by atoms with Crippen LogP contribution in [0.1, 0.15) is 25.7 Å². The molecule has 0 spiro atoms. The van der Waals surface area contributed by atoms with E-state index in [0.717, 1.165) is 44.5 Å². The zero-order valence-electron chi connectivity index (χ0n) is 18.0. The van der Waals surface area contributed by atoms with E-state index >= 15 is 0 Å². The number of nitrogens with one attached hydrogen (secondary N) is 1. The van der Waals surface area contributed by atoms with E-state index in [-0.39, 0.29) is 23.8 Å². The average molecular weight is 418 g/mol. The van der Waals surface area contributed by atoms with Crippen LogP contribution in [-0.2, 0) is 14.2 Å². The van der Waals surface area contributed by atoms with Gasteiger partial charge in [0.15, 0.2) is 0 Å². The van der Waals surface area contributed by atoms with Crippen LogP contribution in [0.3, 0.4) is 0 Å². The summed E-state index contributed by atoms with van der Waals surface area (Å²) in [5.41, 5.74) is 0.148. The van der Waals surface area contributed by atoms with Crippen LogP contribution in [0.15, 0.2) is 0 Å². The van der Waals surface area contributed by atoms with Crippen molar-refractivity contribution in [1.29, 1.82) is 0 Å². The minimum absolute atomic E-state index is 0.00959. The van der Waals surface area contributed by atoms with Gasteiger partial charge in [0, 0.05) is 45.6 Å². The Morgan fingerprint density at radius 2 is 1.75 bits per heavy atom. The molecule has 3 rings (SSSR count). The third kappa shape index (κ3) is 5.03. The summed E-state index contributed by atoms with van der Waals surface area (Å²) in [6.45, 7) is 2.10. The summed E-state index contributed by atoms with van der Waals surface area (Å²) < 4.78 is 17.2. The molecule has 8 heteroatoms. The molecule has 6 unspecified atom stereocenters. The Balaban J connectivity index is 1.57. The minimum atomic E-state index is -0.455. The normalized spacial score (nSPS) is 42.0. The molecule has 3 aliphatic rings. The van der Waals surface area contributed by atoms with Crippen molar-refractivity contribution in [2.24, 2.45) is 11.8 Å². The van der Waals surface area contributed by atoms with Gasteiger partial charge in [0.25, 0.3) is 0 Å². The largest absolute Gasteiger partial charge is 0.379 e. The Hall–Kier alpha value is 0.0700. The summed E-state index contributed by atoms with van der Waals surface area (Å²) in [7, 11) is 9.58. The zero-order chi connectivity index (χ0) is 20.3. The molecule has 0 aromatic rings. The zero-order valence-corrected chi connectivity index (χ0v) is 18.9. The number of thioether (sulfide) groups is 1. The van der Waals surface area contributed by atoms with E-state index < -0.39 is 6.23 Å². The van der Waals surface area contributed by atoms with Crippen LogP contribution in [0.4, 0.5) is 0 Å². The summed E-state index contributed by atoms with van der Waals surface area (Å²) in [6.07, 6.45) is 3.86. The van der Waals surface area contributed by atoms with Crippen LogP contribution < -0.4 is 5.32 Å². The molecule has 0 radical (unpaired) electrons. The second kappa shape index (κ2) is 10.4. The molecular weight excluding hydrogens is 378 g/mol. The number of hydrogen-bond donors (Lipinski definition) is 2. The van der Waals surface area contributed by atoms with Gasteiger partial charge in [-0.05, 0) is 52.2 Å². The monoisotopic (exact) mass is 417 g/mol. The van der Waals surface area contributed by atoms with Crippen molar-refractivity contribution in [1.82, 2.24) is 15.1 Å². The van der Waals surface area contributed by atoms with Crippen LogP contribution in [0.2, 0.25) is 0 Å². The Bertz CT molecular complexity index is 474. The van der Waals surface area contributed by atoms with Crippen LogP contribution in [0.25, 0.3) is 0 Å². The van der Waals surface area contributed by atoms with Crippen LogP contribution in [-0.4, -0.2) is 105 Å². The Labute approximate surface area is 174 Å². The van der Waals surface area contributed by atoms with Gasteiger partial charge >= 0.3 is 0 Å². The first-order valence-electron chi connectivity index (χ1n) is 10.5. The number of methoxy groups -OCH3 is 3. The lowest BCUT2D eigenvalue weighted by molar-refractivity contribution is -0.146. The number of aliphatic hydroxyl groups excluding tert-OH is 1. The minimum Gasteiger partial charge on any atom is -0.379 e. The predicted molar refractivity (Wildman–Crippen MR) is 112 cm³/mol. The summed E-state index contributed by atoms with van der Waals surface area (Å²) >= 11 is 1.90. The summed E-state index contributed by atoms with van der Waals surface area (Å²) in [5.74, 6) is 1.85. The highest BCUT2D eigenvalue weighted by Crippen LogP contribution is 2.39. The van der Waals surface area contributed by atoms with Gasteiger partial charge in [-0.15, -0.1) is 11.8 Å². The SMILES string of the molecule is COC1CC(C2CSC(NC(O)C3CCCN(C)C3)N2C)CC(OC)C1OC.